The van der Waals surface area contributed by atoms with Crippen molar-refractivity contribution < 1.29 is 73.5 Å². The van der Waals surface area contributed by atoms with E-state index in [-0.39, 0.29) is 71.4 Å². The van der Waals surface area contributed by atoms with Crippen molar-refractivity contribution in [2.75, 3.05) is 147 Å². The molecule has 0 bridgehead atoms. The quantitative estimate of drug-likeness (QED) is 0.0443. The maximum atomic E-state index is 14.1. The summed E-state index contributed by atoms with van der Waals surface area (Å²) in [5, 5.41) is 3.31. The van der Waals surface area contributed by atoms with E-state index in [0.717, 1.165) is 154 Å². The molecule has 0 aliphatic carbocycles. The van der Waals surface area contributed by atoms with Gasteiger partial charge in [0.15, 0.2) is 11.6 Å². The maximum absolute atomic E-state index is 14.1. The Labute approximate surface area is 743 Å². The fraction of sp³-hybridized carbons (Fsp3) is 0.460. The Balaban J connectivity index is 0.000000146. The third-order valence-corrected chi connectivity index (χ3v) is 28.5. The number of aromatic nitrogens is 10. The SMILES string of the molecule is CC(NS(C)(=O)=O)C1CCCN(c2ncnc3cc(F)c(F)cc23)C1.COc1ccc2ncnc(N3CCCC(CN(C(C)C)S(=O)(=O)c4ccccc4)C3)c2c1.CS(=O)(=O)CCC1CCN(c2ncnc3ccc(F)cc23)CC1.CS(=O)(=O)NCC1CN(c2ncnc3ccc(F)cc23)CCO1.[C-]#[N+]c1cc2ncnc(N3CCCCC3CCS(C)(=O)=O)c2cc1F. The van der Waals surface area contributed by atoms with E-state index >= 15 is 0 Å². The summed E-state index contributed by atoms with van der Waals surface area (Å²) in [5.41, 5.74) is 3.06. The number of sulfone groups is 2. The molecular weight excluding hydrogens is 1760 g/mol. The first-order chi connectivity index (χ1) is 60.9. The topological polar surface area (TPSA) is 366 Å². The van der Waals surface area contributed by atoms with Gasteiger partial charge in [0, 0.05) is 136 Å². The van der Waals surface area contributed by atoms with Crippen LogP contribution in [0.1, 0.15) is 91.4 Å². The molecule has 0 saturated carbocycles. The van der Waals surface area contributed by atoms with Crippen molar-refractivity contribution >= 4 is 139 Å². The molecule has 128 heavy (non-hydrogen) atoms. The molecule has 31 nitrogen and oxygen atoms in total. The van der Waals surface area contributed by atoms with E-state index in [9.17, 15) is 64.0 Å². The van der Waals surface area contributed by atoms with E-state index in [4.69, 9.17) is 16.0 Å². The number of benzene rings is 6. The number of halogens is 5. The summed E-state index contributed by atoms with van der Waals surface area (Å²) in [4.78, 5) is 56.6. The van der Waals surface area contributed by atoms with E-state index in [1.807, 2.05) is 54.8 Å². The summed E-state index contributed by atoms with van der Waals surface area (Å²) < 4.78 is 203. The number of nitrogens with one attached hydrogen (secondary N) is 2. The Hall–Kier alpha value is -10.5. The summed E-state index contributed by atoms with van der Waals surface area (Å²) in [6, 6.07) is 28.0. The van der Waals surface area contributed by atoms with Gasteiger partial charge in [-0.05, 0) is 194 Å². The van der Waals surface area contributed by atoms with Crippen LogP contribution in [0.5, 0.6) is 5.75 Å². The van der Waals surface area contributed by atoms with Gasteiger partial charge in [-0.15, -0.1) is 0 Å². The van der Waals surface area contributed by atoms with E-state index < -0.39 is 67.2 Å². The Bertz CT molecular complexity index is 6380. The zero-order valence-corrected chi connectivity index (χ0v) is 76.5. The van der Waals surface area contributed by atoms with Gasteiger partial charge in [0.1, 0.15) is 104 Å². The van der Waals surface area contributed by atoms with Crippen LogP contribution in [0, 0.1) is 53.4 Å². The van der Waals surface area contributed by atoms with Gasteiger partial charge >= 0.3 is 0 Å². The van der Waals surface area contributed by atoms with E-state index in [1.54, 1.807) is 54.1 Å². The largest absolute Gasteiger partial charge is 0.497 e. The standard InChI is InChI=1S/C24H30N4O3S.C17H19FN4O2S.C16H20F2N4O2S.C16H20FN3O2S.C14H17FN4O3S/c1-18(2)28(32(29,30)21-9-5-4-6-10-21)16-19-8-7-13-27(15-19)24-22-14-20(31-3)11-12-23(22)25-17-26-24;1-19-16-10-15-13(9-14(16)18)17(21-11-20-15)22-7-4-3-5-12(22)6-8-25(2,23)24;1-10(21-25(2,23)24)11-4-3-5-22(8-11)16-12-6-13(17)14(18)7-15(12)19-9-20-16;1-23(21,22)9-6-12-4-7-20(8-5-12)16-14-10-13(17)2-3-15(14)18-11-19-16;1-23(20,21)18-7-11-8-19(4-5-22-11)14-12-6-10(15)2-3-13(12)16-9-17-14/h4-6,9-12,14,17-19H,7-8,13,15-16H2,1-3H3;9-12H,3-8H2,2H3;6-7,9-11,21H,3-5,8H2,1-2H3;2-3,10-12H,4-9H2,1H3;2-3,6,9,11,18H,4-5,7-8H2,1H3. The molecule has 10 heterocycles. The summed E-state index contributed by atoms with van der Waals surface area (Å²) >= 11 is 0. The minimum absolute atomic E-state index is 0.0465. The second-order valence-electron chi connectivity index (χ2n) is 33.0. The summed E-state index contributed by atoms with van der Waals surface area (Å²) in [5.74, 6) is 2.15. The number of methoxy groups -OCH3 is 1. The zero-order valence-electron chi connectivity index (χ0n) is 72.4. The van der Waals surface area contributed by atoms with Crippen LogP contribution in [-0.2, 0) is 54.5 Å². The van der Waals surface area contributed by atoms with Crippen molar-refractivity contribution in [3.63, 3.8) is 0 Å². The molecule has 0 radical (unpaired) electrons. The van der Waals surface area contributed by atoms with Gasteiger partial charge in [0.25, 0.3) is 0 Å². The van der Waals surface area contributed by atoms with Crippen LogP contribution in [0.2, 0.25) is 0 Å². The molecule has 5 aliphatic rings. The molecule has 5 atom stereocenters. The molecule has 6 aromatic carbocycles. The summed E-state index contributed by atoms with van der Waals surface area (Å²) in [7, 11) is -14.4. The lowest BCUT2D eigenvalue weighted by atomic mass is 9.92. The third-order valence-electron chi connectivity index (χ3n) is 23.0. The molecule has 2 N–H and O–H groups in total. The highest BCUT2D eigenvalue weighted by Crippen LogP contribution is 2.38. The van der Waals surface area contributed by atoms with E-state index in [0.29, 0.717) is 113 Å². The van der Waals surface area contributed by atoms with Crippen LogP contribution in [0.15, 0.2) is 146 Å². The number of hydrogen-bond acceptors (Lipinski definition) is 27. The number of nitrogens with zero attached hydrogens (tertiary/aromatic N) is 17. The Kier molecular flexibility index (Phi) is 32.4. The van der Waals surface area contributed by atoms with E-state index in [2.05, 4.69) is 78.8 Å². The smallest absolute Gasteiger partial charge is 0.243 e. The highest BCUT2D eigenvalue weighted by Gasteiger charge is 2.35. The lowest BCUT2D eigenvalue weighted by Crippen LogP contribution is -2.47. The van der Waals surface area contributed by atoms with Crippen LogP contribution in [0.25, 0.3) is 59.4 Å². The fourth-order valence-electron chi connectivity index (χ4n) is 16.6. The molecule has 5 fully saturated rings. The van der Waals surface area contributed by atoms with Crippen LogP contribution in [0.4, 0.5) is 56.7 Å². The number of ether oxygens (including phenoxy) is 2. The first-order valence-electron chi connectivity index (χ1n) is 42.1. The second-order valence-corrected chi connectivity index (χ2v) is 43.1. The Morgan fingerprint density at radius 2 is 1.00 bits per heavy atom. The molecule has 16 rings (SSSR count). The minimum atomic E-state index is -3.55. The van der Waals surface area contributed by atoms with Gasteiger partial charge in [0.2, 0.25) is 35.8 Å². The number of rotatable bonds is 23. The first-order valence-corrected chi connectivity index (χ1v) is 51.5. The van der Waals surface area contributed by atoms with Gasteiger partial charge in [0.05, 0.1) is 82.9 Å². The molecule has 5 unspecified atom stereocenters. The van der Waals surface area contributed by atoms with Gasteiger partial charge in [-0.1, -0.05) is 18.2 Å². The summed E-state index contributed by atoms with van der Waals surface area (Å²) in [6.45, 7) is 20.2. The summed E-state index contributed by atoms with van der Waals surface area (Å²) in [6.07, 6.45) is 21.4. The molecule has 5 aliphatic heterocycles. The average molecular weight is 1870 g/mol. The van der Waals surface area contributed by atoms with Gasteiger partial charge in [-0.2, -0.15) is 4.31 Å². The van der Waals surface area contributed by atoms with Crippen LogP contribution in [-0.4, -0.2) is 243 Å². The Morgan fingerprint density at radius 3 is 1.57 bits per heavy atom. The number of anilines is 5. The van der Waals surface area contributed by atoms with Crippen LogP contribution < -0.4 is 38.7 Å². The van der Waals surface area contributed by atoms with Crippen molar-refractivity contribution in [2.45, 2.75) is 121 Å². The normalized spacial score (nSPS) is 18.3. The number of fused-ring (bicyclic) bond motifs is 5. The predicted octanol–water partition coefficient (Wildman–Crippen LogP) is 12.1. The number of hydrogen-bond donors (Lipinski definition) is 2. The van der Waals surface area contributed by atoms with Crippen LogP contribution >= 0.6 is 0 Å². The molecule has 5 aromatic heterocycles. The molecule has 41 heteroatoms. The molecular formula is C87H106F5N19O12S5. The van der Waals surface area contributed by atoms with Crippen molar-refractivity contribution in [1.82, 2.24) is 63.6 Å². The molecule has 0 amide bonds. The first kappa shape index (κ1) is 96.6. The highest BCUT2D eigenvalue weighted by atomic mass is 32.2. The molecule has 0 spiro atoms. The highest BCUT2D eigenvalue weighted by molar-refractivity contribution is 7.91. The van der Waals surface area contributed by atoms with Crippen molar-refractivity contribution in [3.8, 4) is 5.75 Å². The lowest BCUT2D eigenvalue weighted by Gasteiger charge is -2.37. The molecule has 5 saturated heterocycles. The van der Waals surface area contributed by atoms with Crippen molar-refractivity contribution in [2.24, 2.45) is 17.8 Å². The number of sulfonamides is 3. The minimum Gasteiger partial charge on any atom is -0.497 e. The fourth-order valence-corrected chi connectivity index (χ4v) is 21.2. The van der Waals surface area contributed by atoms with Gasteiger partial charge in [-0.25, -0.2) is 128 Å². The third kappa shape index (κ3) is 26.2. The predicted molar refractivity (Wildman–Crippen MR) is 486 cm³/mol. The monoisotopic (exact) mass is 1860 g/mol. The van der Waals surface area contributed by atoms with Crippen molar-refractivity contribution in [1.29, 1.82) is 0 Å². The van der Waals surface area contributed by atoms with E-state index in [1.165, 1.54) is 74.2 Å². The Morgan fingerprint density at radius 1 is 0.492 bits per heavy atom. The molecule has 11 aromatic rings. The molecule has 686 valence electrons. The number of piperidine rings is 4. The second kappa shape index (κ2) is 42.9. The van der Waals surface area contributed by atoms with Gasteiger partial charge in [-0.3, -0.25) is 0 Å². The van der Waals surface area contributed by atoms with Crippen molar-refractivity contribution in [3.05, 3.63) is 181 Å². The lowest BCUT2D eigenvalue weighted by molar-refractivity contribution is 0.0441. The maximum Gasteiger partial charge on any atom is 0.243 e. The number of morpholine rings is 1. The van der Waals surface area contributed by atoms with Gasteiger partial charge < -0.3 is 34.0 Å². The zero-order chi connectivity index (χ0) is 91.8. The van der Waals surface area contributed by atoms with Crippen LogP contribution in [0.3, 0.4) is 0 Å². The average Bonchev–Trinajstić information content (AvgIpc) is 0.787.